The van der Waals surface area contributed by atoms with Crippen molar-refractivity contribution in [3.63, 3.8) is 0 Å². The van der Waals surface area contributed by atoms with Gasteiger partial charge in [-0.3, -0.25) is 9.59 Å². The second kappa shape index (κ2) is 8.99. The summed E-state index contributed by atoms with van der Waals surface area (Å²) in [5.74, 6) is 3.73. The zero-order valence-electron chi connectivity index (χ0n) is 18.8. The average molecular weight is 482 g/mol. The molecule has 0 N–H and O–H groups in total. The predicted molar refractivity (Wildman–Crippen MR) is 126 cm³/mol. The van der Waals surface area contributed by atoms with Crippen LogP contribution >= 0.6 is 0 Å². The lowest BCUT2D eigenvalue weighted by molar-refractivity contribution is 0.0890. The molecule has 0 aliphatic heterocycles. The van der Waals surface area contributed by atoms with E-state index in [-0.39, 0.29) is 35.9 Å². The molecule has 0 bridgehead atoms. The molecule has 0 fully saturated rings. The van der Waals surface area contributed by atoms with Crippen LogP contribution in [0.1, 0.15) is 34.0 Å². The molecule has 0 aliphatic rings. The Morgan fingerprint density at radius 3 is 1.19 bits per heavy atom. The van der Waals surface area contributed by atoms with Crippen LogP contribution in [0.4, 0.5) is 0 Å². The quantitative estimate of drug-likeness (QED) is 0.192. The zero-order chi connectivity index (χ0) is 24.5. The van der Waals surface area contributed by atoms with Gasteiger partial charge < -0.3 is 26.5 Å². The van der Waals surface area contributed by atoms with Crippen LogP contribution in [0.15, 0.2) is 112 Å². The molecule has 8 heteroatoms. The molecule has 36 heavy (non-hydrogen) atoms. The third-order valence-corrected chi connectivity index (χ3v) is 5.57. The maximum atomic E-state index is 12.6. The summed E-state index contributed by atoms with van der Waals surface area (Å²) < 4.78 is 33.5. The lowest BCUT2D eigenvalue weighted by Crippen LogP contribution is -2.03. The summed E-state index contributed by atoms with van der Waals surface area (Å²) in [6.07, 6.45) is 3.06. The van der Waals surface area contributed by atoms with Crippen molar-refractivity contribution < 1.29 is 36.1 Å². The van der Waals surface area contributed by atoms with E-state index in [1.165, 1.54) is 0 Å². The van der Waals surface area contributed by atoms with Crippen molar-refractivity contribution >= 4 is 11.6 Å². The van der Waals surface area contributed by atoms with Crippen LogP contribution in [-0.4, -0.2) is 11.6 Å². The first-order valence-electron chi connectivity index (χ1n) is 11.2. The van der Waals surface area contributed by atoms with Gasteiger partial charge in [0.2, 0.25) is 0 Å². The Balaban J connectivity index is 1.08. The fourth-order valence-electron chi connectivity index (χ4n) is 3.76. The molecule has 6 aromatic rings. The van der Waals surface area contributed by atoms with Crippen LogP contribution < -0.4 is 0 Å². The molecular formula is C28H18O8. The maximum absolute atomic E-state index is 12.6. The molecule has 0 saturated heterocycles. The molecule has 6 heterocycles. The lowest BCUT2D eigenvalue weighted by atomic mass is 10.1. The zero-order valence-corrected chi connectivity index (χ0v) is 18.8. The van der Waals surface area contributed by atoms with Gasteiger partial charge in [-0.15, -0.1) is 0 Å². The normalized spacial score (nSPS) is 11.2. The van der Waals surface area contributed by atoms with Crippen LogP contribution in [0.5, 0.6) is 0 Å². The van der Waals surface area contributed by atoms with Crippen molar-refractivity contribution in [3.8, 4) is 46.1 Å². The minimum atomic E-state index is -0.298. The first-order valence-corrected chi connectivity index (χ1v) is 11.2. The molecule has 0 aliphatic carbocycles. The molecule has 178 valence electrons. The third kappa shape index (κ3) is 4.16. The number of hydrogen-bond acceptors (Lipinski definition) is 8. The van der Waals surface area contributed by atoms with Gasteiger partial charge >= 0.3 is 0 Å². The Labute approximate surface area is 203 Å². The van der Waals surface area contributed by atoms with Crippen molar-refractivity contribution in [2.75, 3.05) is 0 Å². The predicted octanol–water partition coefficient (Wildman–Crippen LogP) is 7.76. The Morgan fingerprint density at radius 1 is 0.444 bits per heavy atom. The Hall–Kier alpha value is -4.98. The van der Waals surface area contributed by atoms with Crippen molar-refractivity contribution in [2.24, 2.45) is 0 Å². The van der Waals surface area contributed by atoms with Gasteiger partial charge in [-0.1, -0.05) is 0 Å². The van der Waals surface area contributed by atoms with E-state index < -0.39 is 0 Å². The van der Waals surface area contributed by atoms with E-state index in [0.717, 1.165) is 0 Å². The molecule has 0 saturated carbocycles. The van der Waals surface area contributed by atoms with Crippen LogP contribution in [-0.2, 0) is 0 Å². The van der Waals surface area contributed by atoms with Gasteiger partial charge in [0.1, 0.15) is 0 Å². The van der Waals surface area contributed by atoms with Crippen LogP contribution in [0, 0.1) is 0 Å². The molecule has 0 atom stereocenters. The first kappa shape index (κ1) is 21.5. The fourth-order valence-corrected chi connectivity index (χ4v) is 3.76. The molecule has 0 radical (unpaired) electrons. The number of hydrogen-bond donors (Lipinski definition) is 0. The molecular weight excluding hydrogens is 464 g/mol. The number of carbonyl (C=O) groups is 2. The fraction of sp³-hybridized carbons (Fsp3) is 0.0714. The van der Waals surface area contributed by atoms with E-state index in [9.17, 15) is 9.59 Å². The molecule has 6 aromatic heterocycles. The first-order chi connectivity index (χ1) is 17.6. The highest BCUT2D eigenvalue weighted by atomic mass is 16.4. The Kier molecular flexibility index (Phi) is 5.38. The molecule has 0 aromatic carbocycles. The van der Waals surface area contributed by atoms with Gasteiger partial charge in [0.05, 0.1) is 12.5 Å². The summed E-state index contributed by atoms with van der Waals surface area (Å²) in [5, 5.41) is 0. The highest BCUT2D eigenvalue weighted by Gasteiger charge is 2.20. The van der Waals surface area contributed by atoms with Crippen molar-refractivity contribution in [3.05, 3.63) is 96.8 Å². The Morgan fingerprint density at radius 2 is 0.806 bits per heavy atom. The minimum absolute atomic E-state index is 0.0268. The summed E-state index contributed by atoms with van der Waals surface area (Å²) in [6, 6.07) is 20.5. The van der Waals surface area contributed by atoms with Gasteiger partial charge in [0, 0.05) is 12.8 Å². The second-order valence-electron chi connectivity index (χ2n) is 7.96. The van der Waals surface area contributed by atoms with E-state index in [1.54, 1.807) is 85.3 Å². The van der Waals surface area contributed by atoms with E-state index in [1.807, 2.05) is 0 Å². The van der Waals surface area contributed by atoms with Crippen LogP contribution in [0.25, 0.3) is 46.1 Å². The highest BCUT2D eigenvalue weighted by Crippen LogP contribution is 2.31. The van der Waals surface area contributed by atoms with Crippen molar-refractivity contribution in [2.45, 2.75) is 12.8 Å². The van der Waals surface area contributed by atoms with Gasteiger partial charge in [-0.05, 0) is 72.8 Å². The van der Waals surface area contributed by atoms with E-state index in [0.29, 0.717) is 46.1 Å². The number of ketones is 2. The summed E-state index contributed by atoms with van der Waals surface area (Å²) in [5.41, 5.74) is 0. The average Bonchev–Trinajstić information content (AvgIpc) is 3.75. The smallest absolute Gasteiger partial charge is 0.198 e. The Bertz CT molecular complexity index is 1490. The standard InChI is InChI=1S/C28H18O8/c29-17(19-7-9-25(33-19)27-13-11-23(35-27)21-3-1-15-31-21)5-6-18(30)20-8-10-26(34-20)28-14-12-24(36-28)22-4-2-16-32-22/h1-4,7-16H,5-6H2. The molecule has 6 rings (SSSR count). The highest BCUT2D eigenvalue weighted by molar-refractivity contribution is 6.00. The van der Waals surface area contributed by atoms with E-state index in [2.05, 4.69) is 0 Å². The lowest BCUT2D eigenvalue weighted by Gasteiger charge is -1.98. The molecule has 8 nitrogen and oxygen atoms in total. The van der Waals surface area contributed by atoms with Crippen molar-refractivity contribution in [1.82, 2.24) is 0 Å². The minimum Gasteiger partial charge on any atom is -0.461 e. The topological polar surface area (TPSA) is 113 Å². The van der Waals surface area contributed by atoms with Gasteiger partial charge in [0.25, 0.3) is 0 Å². The largest absolute Gasteiger partial charge is 0.461 e. The SMILES string of the molecule is O=C(CCC(=O)c1ccc(-c2ccc(-c3ccco3)o2)o1)c1ccc(-c2ccc(-c3ccco3)o2)o1. The number of rotatable bonds is 9. The van der Waals surface area contributed by atoms with Crippen LogP contribution in [0.3, 0.4) is 0 Å². The molecule has 0 amide bonds. The van der Waals surface area contributed by atoms with Gasteiger partial charge in [0.15, 0.2) is 69.2 Å². The maximum Gasteiger partial charge on any atom is 0.198 e. The third-order valence-electron chi connectivity index (χ3n) is 5.57. The number of carbonyl (C=O) groups excluding carboxylic acids is 2. The second-order valence-corrected chi connectivity index (χ2v) is 7.96. The summed E-state index contributed by atoms with van der Waals surface area (Å²) in [7, 11) is 0. The van der Waals surface area contributed by atoms with Crippen LogP contribution in [0.2, 0.25) is 0 Å². The summed E-state index contributed by atoms with van der Waals surface area (Å²) in [4.78, 5) is 25.2. The van der Waals surface area contributed by atoms with E-state index in [4.69, 9.17) is 26.5 Å². The summed E-state index contributed by atoms with van der Waals surface area (Å²) >= 11 is 0. The molecule has 0 unspecified atom stereocenters. The molecule has 0 spiro atoms. The number of Topliss-reactive ketones (excluding diaryl/α,β-unsaturated/α-hetero) is 2. The summed E-state index contributed by atoms with van der Waals surface area (Å²) in [6.45, 7) is 0. The van der Waals surface area contributed by atoms with Gasteiger partial charge in [-0.2, -0.15) is 0 Å². The monoisotopic (exact) mass is 482 g/mol. The number of furan rings is 6. The van der Waals surface area contributed by atoms with Crippen molar-refractivity contribution in [1.29, 1.82) is 0 Å². The van der Waals surface area contributed by atoms with Gasteiger partial charge in [-0.25, -0.2) is 0 Å². The van der Waals surface area contributed by atoms with E-state index >= 15 is 0 Å².